The lowest BCUT2D eigenvalue weighted by Crippen LogP contribution is -2.27. The fourth-order valence-corrected chi connectivity index (χ4v) is 2.55. The van der Waals surface area contributed by atoms with Gasteiger partial charge in [-0.05, 0) is 43.5 Å². The summed E-state index contributed by atoms with van der Waals surface area (Å²) < 4.78 is 5.66. The first-order chi connectivity index (χ1) is 13.1. The molecule has 2 aromatic rings. The molecule has 0 heterocycles. The van der Waals surface area contributed by atoms with Gasteiger partial charge in [0.2, 0.25) is 5.91 Å². The van der Waals surface area contributed by atoms with Gasteiger partial charge in [-0.25, -0.2) is 0 Å². The first-order valence-electron chi connectivity index (χ1n) is 9.34. The maximum absolute atomic E-state index is 12.1. The molecule has 5 nitrogen and oxygen atoms in total. The summed E-state index contributed by atoms with van der Waals surface area (Å²) >= 11 is 0. The van der Waals surface area contributed by atoms with E-state index in [0.29, 0.717) is 38.1 Å². The van der Waals surface area contributed by atoms with Crippen LogP contribution in [0.2, 0.25) is 0 Å². The zero-order valence-corrected chi connectivity index (χ0v) is 16.0. The number of hydrogen-bond acceptors (Lipinski definition) is 3. The van der Waals surface area contributed by atoms with Gasteiger partial charge in [-0.3, -0.25) is 9.59 Å². The van der Waals surface area contributed by atoms with E-state index in [9.17, 15) is 9.59 Å². The van der Waals surface area contributed by atoms with E-state index >= 15 is 0 Å². The summed E-state index contributed by atoms with van der Waals surface area (Å²) in [6.07, 6.45) is 1.14. The quantitative estimate of drug-likeness (QED) is 0.631. The fourth-order valence-electron chi connectivity index (χ4n) is 2.55. The highest BCUT2D eigenvalue weighted by Crippen LogP contribution is 2.11. The van der Waals surface area contributed by atoms with Crippen molar-refractivity contribution in [1.82, 2.24) is 10.6 Å². The lowest BCUT2D eigenvalue weighted by atomic mass is 10.1. The van der Waals surface area contributed by atoms with Crippen molar-refractivity contribution in [3.05, 3.63) is 71.3 Å². The summed E-state index contributed by atoms with van der Waals surface area (Å²) in [4.78, 5) is 24.0. The van der Waals surface area contributed by atoms with Crippen molar-refractivity contribution < 1.29 is 14.3 Å². The molecule has 0 spiro atoms. The van der Waals surface area contributed by atoms with E-state index < -0.39 is 0 Å². The van der Waals surface area contributed by atoms with E-state index in [-0.39, 0.29) is 17.9 Å². The number of rotatable bonds is 10. The predicted molar refractivity (Wildman–Crippen MR) is 106 cm³/mol. The van der Waals surface area contributed by atoms with Crippen LogP contribution in [0, 0.1) is 0 Å². The average molecular weight is 368 g/mol. The number of hydrogen-bond donors (Lipinski definition) is 2. The highest BCUT2D eigenvalue weighted by Gasteiger charge is 2.07. The Hall–Kier alpha value is -2.66. The summed E-state index contributed by atoms with van der Waals surface area (Å²) in [7, 11) is 0. The van der Waals surface area contributed by atoms with Gasteiger partial charge in [-0.1, -0.05) is 42.5 Å². The molecule has 2 rings (SSSR count). The second-order valence-electron chi connectivity index (χ2n) is 6.63. The molecule has 2 N–H and O–H groups in total. The van der Waals surface area contributed by atoms with Gasteiger partial charge >= 0.3 is 0 Å². The topological polar surface area (TPSA) is 67.4 Å². The van der Waals surface area contributed by atoms with Gasteiger partial charge in [0.25, 0.3) is 5.91 Å². The lowest BCUT2D eigenvalue weighted by molar-refractivity contribution is -0.121. The van der Waals surface area contributed by atoms with Crippen LogP contribution in [0.15, 0.2) is 54.6 Å². The highest BCUT2D eigenvalue weighted by molar-refractivity contribution is 5.94. The van der Waals surface area contributed by atoms with E-state index in [1.165, 1.54) is 0 Å². The number of carbonyl (C=O) groups excluding carboxylic acids is 2. The molecule has 0 saturated heterocycles. The Kier molecular flexibility index (Phi) is 8.52. The summed E-state index contributed by atoms with van der Waals surface area (Å²) in [6, 6.07) is 17.0. The molecule has 27 heavy (non-hydrogen) atoms. The standard InChI is InChI=1S/C22H28N2O3/c1-17(2)27-16-20-12-7-6-11-19(20)15-24-21(25)13-8-14-23-22(26)18-9-4-3-5-10-18/h3-7,9-12,17H,8,13-16H2,1-2H3,(H,23,26)(H,24,25). The molecule has 0 atom stereocenters. The van der Waals surface area contributed by atoms with Crippen LogP contribution in [0.5, 0.6) is 0 Å². The van der Waals surface area contributed by atoms with Crippen molar-refractivity contribution in [2.45, 2.75) is 45.9 Å². The molecule has 0 aliphatic carbocycles. The molecule has 0 aliphatic rings. The van der Waals surface area contributed by atoms with Crippen molar-refractivity contribution in [3.63, 3.8) is 0 Å². The maximum atomic E-state index is 12.1. The van der Waals surface area contributed by atoms with Crippen molar-refractivity contribution in [2.24, 2.45) is 0 Å². The van der Waals surface area contributed by atoms with Crippen LogP contribution in [0.25, 0.3) is 0 Å². The molecule has 0 saturated carbocycles. The Morgan fingerprint density at radius 3 is 2.30 bits per heavy atom. The minimum Gasteiger partial charge on any atom is -0.374 e. The minimum absolute atomic E-state index is 0.0245. The van der Waals surface area contributed by atoms with Gasteiger partial charge in [0.1, 0.15) is 0 Å². The molecule has 0 radical (unpaired) electrons. The number of nitrogens with one attached hydrogen (secondary N) is 2. The van der Waals surface area contributed by atoms with Gasteiger partial charge in [0, 0.05) is 25.1 Å². The fraction of sp³-hybridized carbons (Fsp3) is 0.364. The SMILES string of the molecule is CC(C)OCc1ccccc1CNC(=O)CCCNC(=O)c1ccccc1. The first-order valence-corrected chi connectivity index (χ1v) is 9.34. The maximum Gasteiger partial charge on any atom is 0.251 e. The Morgan fingerprint density at radius 2 is 1.59 bits per heavy atom. The molecule has 0 aliphatic heterocycles. The largest absolute Gasteiger partial charge is 0.374 e. The van der Waals surface area contributed by atoms with Crippen molar-refractivity contribution >= 4 is 11.8 Å². The van der Waals surface area contributed by atoms with E-state index in [2.05, 4.69) is 10.6 Å². The second kappa shape index (κ2) is 11.1. The Labute approximate surface area is 161 Å². The Bertz CT molecular complexity index is 729. The van der Waals surface area contributed by atoms with Crippen LogP contribution >= 0.6 is 0 Å². The van der Waals surface area contributed by atoms with Gasteiger partial charge in [-0.15, -0.1) is 0 Å². The number of ether oxygens (including phenoxy) is 1. The Balaban J connectivity index is 1.68. The zero-order valence-electron chi connectivity index (χ0n) is 16.0. The van der Waals surface area contributed by atoms with E-state index in [0.717, 1.165) is 11.1 Å². The summed E-state index contributed by atoms with van der Waals surface area (Å²) in [5, 5.41) is 5.77. The number of carbonyl (C=O) groups is 2. The summed E-state index contributed by atoms with van der Waals surface area (Å²) in [6.45, 7) is 5.49. The third-order valence-electron chi connectivity index (χ3n) is 4.07. The van der Waals surface area contributed by atoms with Crippen molar-refractivity contribution in [1.29, 1.82) is 0 Å². The van der Waals surface area contributed by atoms with Gasteiger partial charge in [0.15, 0.2) is 0 Å². The van der Waals surface area contributed by atoms with Gasteiger partial charge in [0.05, 0.1) is 12.7 Å². The highest BCUT2D eigenvalue weighted by atomic mass is 16.5. The van der Waals surface area contributed by atoms with Crippen molar-refractivity contribution in [3.8, 4) is 0 Å². The number of benzene rings is 2. The van der Waals surface area contributed by atoms with E-state index in [4.69, 9.17) is 4.74 Å². The second-order valence-corrected chi connectivity index (χ2v) is 6.63. The molecule has 0 bridgehead atoms. The zero-order chi connectivity index (χ0) is 19.5. The molecule has 0 unspecified atom stereocenters. The smallest absolute Gasteiger partial charge is 0.251 e. The van der Waals surface area contributed by atoms with Crippen molar-refractivity contribution in [2.75, 3.05) is 6.54 Å². The van der Waals surface area contributed by atoms with Crippen LogP contribution in [0.1, 0.15) is 48.2 Å². The van der Waals surface area contributed by atoms with Gasteiger partial charge in [-0.2, -0.15) is 0 Å². The van der Waals surface area contributed by atoms with Crippen LogP contribution in [0.4, 0.5) is 0 Å². The molecular weight excluding hydrogens is 340 g/mol. The molecule has 2 amide bonds. The lowest BCUT2D eigenvalue weighted by Gasteiger charge is -2.13. The first kappa shape index (κ1) is 20.6. The third-order valence-corrected chi connectivity index (χ3v) is 4.07. The van der Waals surface area contributed by atoms with Crippen LogP contribution in [-0.4, -0.2) is 24.5 Å². The minimum atomic E-state index is -0.116. The molecular formula is C22H28N2O3. The molecule has 0 aromatic heterocycles. The third kappa shape index (κ3) is 7.62. The Morgan fingerprint density at radius 1 is 0.926 bits per heavy atom. The average Bonchev–Trinajstić information content (AvgIpc) is 2.69. The van der Waals surface area contributed by atoms with Crippen LogP contribution in [-0.2, 0) is 22.7 Å². The van der Waals surface area contributed by atoms with Crippen LogP contribution < -0.4 is 10.6 Å². The summed E-state index contributed by atoms with van der Waals surface area (Å²) in [5.41, 5.74) is 2.77. The van der Waals surface area contributed by atoms with E-state index in [1.54, 1.807) is 12.1 Å². The normalized spacial score (nSPS) is 10.6. The van der Waals surface area contributed by atoms with Gasteiger partial charge < -0.3 is 15.4 Å². The predicted octanol–water partition coefficient (Wildman–Crippen LogP) is 3.44. The molecule has 144 valence electrons. The molecule has 2 aromatic carbocycles. The molecule has 0 fully saturated rings. The number of amides is 2. The monoisotopic (exact) mass is 368 g/mol. The van der Waals surface area contributed by atoms with Crippen LogP contribution in [0.3, 0.4) is 0 Å². The molecule has 5 heteroatoms. The summed E-state index contributed by atoms with van der Waals surface area (Å²) in [5.74, 6) is -0.140. The van der Waals surface area contributed by atoms with E-state index in [1.807, 2.05) is 56.3 Å².